The lowest BCUT2D eigenvalue weighted by Crippen LogP contribution is -2.28. The van der Waals surface area contributed by atoms with Crippen LogP contribution in [0.3, 0.4) is 0 Å². The van der Waals surface area contributed by atoms with E-state index < -0.39 is 11.0 Å². The summed E-state index contributed by atoms with van der Waals surface area (Å²) < 4.78 is 0. The number of hydrogen-bond acceptors (Lipinski definition) is 6. The highest BCUT2D eigenvalue weighted by atomic mass is 32.1. The van der Waals surface area contributed by atoms with Crippen molar-refractivity contribution in [2.45, 2.75) is 33.3 Å². The first-order valence-electron chi connectivity index (χ1n) is 6.44. The highest BCUT2D eigenvalue weighted by Crippen LogP contribution is 2.40. The zero-order valence-electron chi connectivity index (χ0n) is 11.9. The van der Waals surface area contributed by atoms with Crippen LogP contribution in [-0.4, -0.2) is 23.1 Å². The smallest absolute Gasteiger partial charge is 0.304 e. The second-order valence-corrected chi connectivity index (χ2v) is 6.08. The Labute approximate surface area is 122 Å². The van der Waals surface area contributed by atoms with Crippen molar-refractivity contribution in [3.05, 3.63) is 21.1 Å². The first-order valence-corrected chi connectivity index (χ1v) is 7.26. The van der Waals surface area contributed by atoms with Crippen LogP contribution in [-0.2, 0) is 0 Å². The van der Waals surface area contributed by atoms with Crippen molar-refractivity contribution in [1.29, 1.82) is 5.26 Å². The highest BCUT2D eigenvalue weighted by Gasteiger charge is 2.25. The van der Waals surface area contributed by atoms with Gasteiger partial charge in [-0.2, -0.15) is 5.26 Å². The van der Waals surface area contributed by atoms with Crippen LogP contribution < -0.4 is 4.90 Å². The molecule has 20 heavy (non-hydrogen) atoms. The van der Waals surface area contributed by atoms with Gasteiger partial charge in [-0.3, -0.25) is 10.1 Å². The molecule has 0 saturated heterocycles. The van der Waals surface area contributed by atoms with Crippen LogP contribution >= 0.6 is 11.3 Å². The summed E-state index contributed by atoms with van der Waals surface area (Å²) >= 11 is 1.22. The van der Waals surface area contributed by atoms with E-state index in [1.54, 1.807) is 6.92 Å². The Morgan fingerprint density at radius 2 is 2.20 bits per heavy atom. The first kappa shape index (κ1) is 16.4. The Hall–Kier alpha value is -1.65. The molecule has 0 spiro atoms. The number of rotatable bonds is 7. The summed E-state index contributed by atoms with van der Waals surface area (Å²) in [7, 11) is 0. The molecule has 1 heterocycles. The van der Waals surface area contributed by atoms with E-state index in [-0.39, 0.29) is 5.69 Å². The summed E-state index contributed by atoms with van der Waals surface area (Å²) in [6.07, 6.45) is -0.421. The predicted octanol–water partition coefficient (Wildman–Crippen LogP) is 3.09. The number of anilines is 1. The third kappa shape index (κ3) is 4.18. The molecule has 0 fully saturated rings. The van der Waals surface area contributed by atoms with Gasteiger partial charge in [0.1, 0.15) is 0 Å². The molecule has 1 aromatic rings. The number of nitro groups is 1. The average Bonchev–Trinajstić information content (AvgIpc) is 2.79. The van der Waals surface area contributed by atoms with E-state index in [1.165, 1.54) is 17.4 Å². The molecular weight excluding hydrogens is 278 g/mol. The van der Waals surface area contributed by atoms with Gasteiger partial charge in [0.25, 0.3) is 0 Å². The summed E-state index contributed by atoms with van der Waals surface area (Å²) in [5, 5.41) is 30.0. The molecule has 6 nitrogen and oxygen atoms in total. The van der Waals surface area contributed by atoms with Gasteiger partial charge in [-0.05, 0) is 12.8 Å². The quantitative estimate of drug-likeness (QED) is 0.617. The maximum absolute atomic E-state index is 11.2. The van der Waals surface area contributed by atoms with Gasteiger partial charge in [-0.1, -0.05) is 13.8 Å². The molecule has 0 unspecified atom stereocenters. The van der Waals surface area contributed by atoms with Crippen molar-refractivity contribution in [2.75, 3.05) is 18.0 Å². The largest absolute Gasteiger partial charge is 0.388 e. The number of nitriles is 1. The molecule has 0 aliphatic heterocycles. The van der Waals surface area contributed by atoms with Gasteiger partial charge in [-0.15, -0.1) is 11.3 Å². The van der Waals surface area contributed by atoms with Crippen LogP contribution in [0.15, 0.2) is 6.07 Å². The molecule has 7 heteroatoms. The number of thiophene rings is 1. The van der Waals surface area contributed by atoms with Crippen LogP contribution in [0.25, 0.3) is 0 Å². The van der Waals surface area contributed by atoms with Crippen LogP contribution in [0.4, 0.5) is 10.7 Å². The number of hydrogen-bond donors (Lipinski definition) is 1. The van der Waals surface area contributed by atoms with Crippen molar-refractivity contribution in [2.24, 2.45) is 5.92 Å². The maximum Gasteiger partial charge on any atom is 0.304 e. The minimum absolute atomic E-state index is 0.00416. The number of aliphatic hydroxyl groups excluding tert-OH is 1. The Balaban J connectivity index is 3.16. The minimum atomic E-state index is -0.732. The average molecular weight is 297 g/mol. The van der Waals surface area contributed by atoms with Crippen molar-refractivity contribution < 1.29 is 10.0 Å². The lowest BCUT2D eigenvalue weighted by Gasteiger charge is -2.23. The van der Waals surface area contributed by atoms with Gasteiger partial charge in [0.2, 0.25) is 0 Å². The molecule has 0 bridgehead atoms. The zero-order chi connectivity index (χ0) is 15.3. The Morgan fingerprint density at radius 3 is 2.65 bits per heavy atom. The van der Waals surface area contributed by atoms with Crippen LogP contribution in [0.1, 0.15) is 38.2 Å². The molecule has 1 rings (SSSR count). The van der Waals surface area contributed by atoms with Gasteiger partial charge >= 0.3 is 5.69 Å². The van der Waals surface area contributed by atoms with Crippen molar-refractivity contribution in [3.8, 4) is 6.07 Å². The van der Waals surface area contributed by atoms with Crippen molar-refractivity contribution in [1.82, 2.24) is 0 Å². The molecule has 1 N–H and O–H groups in total. The van der Waals surface area contributed by atoms with E-state index in [1.807, 2.05) is 18.7 Å². The van der Waals surface area contributed by atoms with Crippen molar-refractivity contribution >= 4 is 22.0 Å². The fourth-order valence-electron chi connectivity index (χ4n) is 1.85. The molecule has 110 valence electrons. The standard InChI is InChI=1S/C13H19N3O3S/c1-9(2)8-15(6-4-5-14)13-11(16(18)19)7-12(20-13)10(3)17/h7,9-10,17H,4,6,8H2,1-3H3/t10-/m1/s1. The summed E-state index contributed by atoms with van der Waals surface area (Å²) in [5.74, 6) is 0.324. The molecule has 0 radical (unpaired) electrons. The molecule has 1 atom stereocenters. The van der Waals surface area contributed by atoms with Gasteiger partial charge in [0.05, 0.1) is 23.5 Å². The van der Waals surface area contributed by atoms with E-state index in [9.17, 15) is 15.2 Å². The van der Waals surface area contributed by atoms with E-state index in [0.29, 0.717) is 35.3 Å². The van der Waals surface area contributed by atoms with Crippen LogP contribution in [0.2, 0.25) is 0 Å². The molecule has 0 aromatic carbocycles. The summed E-state index contributed by atoms with van der Waals surface area (Å²) in [6.45, 7) is 6.72. The molecule has 0 aliphatic carbocycles. The summed E-state index contributed by atoms with van der Waals surface area (Å²) in [6, 6.07) is 3.48. The van der Waals surface area contributed by atoms with E-state index >= 15 is 0 Å². The SMILES string of the molecule is CC(C)CN(CCC#N)c1sc([C@@H](C)O)cc1[N+](=O)[O-]. The van der Waals surface area contributed by atoms with E-state index in [2.05, 4.69) is 6.07 Å². The lowest BCUT2D eigenvalue weighted by molar-refractivity contribution is -0.383. The molecule has 0 saturated carbocycles. The number of aliphatic hydroxyl groups is 1. The van der Waals surface area contributed by atoms with Gasteiger partial charge in [0.15, 0.2) is 5.00 Å². The molecule has 1 aromatic heterocycles. The number of nitrogens with zero attached hydrogens (tertiary/aromatic N) is 3. The second-order valence-electron chi connectivity index (χ2n) is 5.02. The minimum Gasteiger partial charge on any atom is -0.388 e. The normalized spacial score (nSPS) is 12.2. The van der Waals surface area contributed by atoms with Crippen LogP contribution in [0, 0.1) is 27.4 Å². The third-order valence-electron chi connectivity index (χ3n) is 2.69. The van der Waals surface area contributed by atoms with Gasteiger partial charge in [-0.25, -0.2) is 0 Å². The van der Waals surface area contributed by atoms with Crippen LogP contribution in [0.5, 0.6) is 0 Å². The molecule has 0 aliphatic rings. The third-order valence-corrected chi connectivity index (χ3v) is 4.04. The Bertz CT molecular complexity index is 505. The van der Waals surface area contributed by atoms with Gasteiger partial charge < -0.3 is 10.0 Å². The predicted molar refractivity (Wildman–Crippen MR) is 78.9 cm³/mol. The maximum atomic E-state index is 11.2. The highest BCUT2D eigenvalue weighted by molar-refractivity contribution is 7.16. The zero-order valence-corrected chi connectivity index (χ0v) is 12.7. The van der Waals surface area contributed by atoms with E-state index in [0.717, 1.165) is 0 Å². The summed E-state index contributed by atoms with van der Waals surface area (Å²) in [4.78, 5) is 13.2. The Morgan fingerprint density at radius 1 is 1.55 bits per heavy atom. The fourth-order valence-corrected chi connectivity index (χ4v) is 2.95. The summed E-state index contributed by atoms with van der Waals surface area (Å²) in [5.41, 5.74) is 0.00416. The molecular formula is C13H19N3O3S. The monoisotopic (exact) mass is 297 g/mol. The topological polar surface area (TPSA) is 90.4 Å². The fraction of sp³-hybridized carbons (Fsp3) is 0.615. The lowest BCUT2D eigenvalue weighted by atomic mass is 10.2. The van der Waals surface area contributed by atoms with Gasteiger partial charge in [0, 0.05) is 24.0 Å². The Kier molecular flexibility index (Phi) is 5.92. The second kappa shape index (κ2) is 7.22. The van der Waals surface area contributed by atoms with Crippen molar-refractivity contribution in [3.63, 3.8) is 0 Å². The first-order chi connectivity index (χ1) is 9.36. The molecule has 0 amide bonds. The van der Waals surface area contributed by atoms with E-state index in [4.69, 9.17) is 5.26 Å².